The van der Waals surface area contributed by atoms with Gasteiger partial charge < -0.3 is 15.0 Å². The highest BCUT2D eigenvalue weighted by Gasteiger charge is 2.35. The van der Waals surface area contributed by atoms with Crippen LogP contribution in [0.4, 0.5) is 0 Å². The number of rotatable bonds is 4. The molecule has 3 atom stereocenters. The zero-order valence-electron chi connectivity index (χ0n) is 11.4. The Morgan fingerprint density at radius 1 is 1.53 bits per heavy atom. The molecule has 1 aromatic heterocycles. The molecule has 1 aromatic rings. The van der Waals surface area contributed by atoms with E-state index < -0.39 is 0 Å². The van der Waals surface area contributed by atoms with Crippen molar-refractivity contribution in [3.05, 3.63) is 11.7 Å². The van der Waals surface area contributed by atoms with Gasteiger partial charge in [0.05, 0.1) is 12.6 Å². The standard InChI is InChI=1S/C13H22N4O2/c1-2-4-10(14)13-15-12(16-19-13)11-7-17-6-3-5-9(17)8-18-11/h9-11H,2-8,14H2,1H3/t9?,10-,11?/m1/s1. The van der Waals surface area contributed by atoms with E-state index in [0.717, 1.165) is 32.5 Å². The van der Waals surface area contributed by atoms with Crippen LogP contribution in [0.15, 0.2) is 4.52 Å². The second-order valence-corrected chi connectivity index (χ2v) is 5.50. The van der Waals surface area contributed by atoms with Gasteiger partial charge in [0.2, 0.25) is 11.7 Å². The van der Waals surface area contributed by atoms with E-state index in [2.05, 4.69) is 22.0 Å². The zero-order chi connectivity index (χ0) is 13.2. The lowest BCUT2D eigenvalue weighted by Crippen LogP contribution is -2.42. The molecule has 0 aliphatic carbocycles. The molecule has 2 saturated heterocycles. The van der Waals surface area contributed by atoms with Gasteiger partial charge in [-0.2, -0.15) is 4.98 Å². The number of hydrogen-bond donors (Lipinski definition) is 1. The minimum absolute atomic E-state index is 0.0688. The maximum atomic E-state index is 5.99. The Bertz CT molecular complexity index is 423. The van der Waals surface area contributed by atoms with Gasteiger partial charge in [-0.3, -0.25) is 4.90 Å². The third kappa shape index (κ3) is 2.66. The molecule has 3 rings (SSSR count). The van der Waals surface area contributed by atoms with Crippen LogP contribution in [0.5, 0.6) is 0 Å². The molecular formula is C13H22N4O2. The van der Waals surface area contributed by atoms with Crippen molar-refractivity contribution in [2.45, 2.75) is 50.8 Å². The Kier molecular flexibility index (Phi) is 3.81. The Hall–Kier alpha value is -0.980. The SMILES string of the molecule is CCC[C@@H](N)c1nc(C2CN3CCCC3CO2)no1. The molecule has 0 radical (unpaired) electrons. The summed E-state index contributed by atoms with van der Waals surface area (Å²) in [5, 5.41) is 4.04. The van der Waals surface area contributed by atoms with Crippen LogP contribution >= 0.6 is 0 Å². The summed E-state index contributed by atoms with van der Waals surface area (Å²) in [6.07, 6.45) is 4.31. The second-order valence-electron chi connectivity index (χ2n) is 5.50. The van der Waals surface area contributed by atoms with Crippen LogP contribution in [0.25, 0.3) is 0 Å². The fourth-order valence-electron chi connectivity index (χ4n) is 2.94. The van der Waals surface area contributed by atoms with Crippen LogP contribution < -0.4 is 5.73 Å². The largest absolute Gasteiger partial charge is 0.367 e. The predicted octanol–water partition coefficient (Wildman–Crippen LogP) is 1.41. The van der Waals surface area contributed by atoms with Crippen molar-refractivity contribution in [1.29, 1.82) is 0 Å². The van der Waals surface area contributed by atoms with Crippen molar-refractivity contribution in [3.8, 4) is 0 Å². The fraction of sp³-hybridized carbons (Fsp3) is 0.846. The molecule has 0 aromatic carbocycles. The Morgan fingerprint density at radius 2 is 2.42 bits per heavy atom. The normalized spacial score (nSPS) is 29.4. The third-order valence-corrected chi connectivity index (χ3v) is 4.05. The lowest BCUT2D eigenvalue weighted by atomic mass is 10.1. The molecule has 2 aliphatic heterocycles. The van der Waals surface area contributed by atoms with Gasteiger partial charge in [-0.25, -0.2) is 0 Å². The van der Waals surface area contributed by atoms with Gasteiger partial charge in [0.1, 0.15) is 6.10 Å². The summed E-state index contributed by atoms with van der Waals surface area (Å²) in [6.45, 7) is 4.89. The first-order valence-electron chi connectivity index (χ1n) is 7.22. The number of nitrogens with zero attached hydrogens (tertiary/aromatic N) is 3. The summed E-state index contributed by atoms with van der Waals surface area (Å²) in [6, 6.07) is 0.430. The Balaban J connectivity index is 1.66. The first kappa shape index (κ1) is 13.0. The Labute approximate surface area is 113 Å². The van der Waals surface area contributed by atoms with Crippen LogP contribution in [0.2, 0.25) is 0 Å². The Morgan fingerprint density at radius 3 is 3.26 bits per heavy atom. The van der Waals surface area contributed by atoms with E-state index in [0.29, 0.717) is 17.8 Å². The van der Waals surface area contributed by atoms with Crippen LogP contribution in [0.3, 0.4) is 0 Å². The highest BCUT2D eigenvalue weighted by molar-refractivity contribution is 4.99. The molecule has 2 aliphatic rings. The highest BCUT2D eigenvalue weighted by atomic mass is 16.5. The van der Waals surface area contributed by atoms with Crippen LogP contribution in [-0.4, -0.2) is 40.8 Å². The van der Waals surface area contributed by atoms with Crippen molar-refractivity contribution >= 4 is 0 Å². The number of nitrogens with two attached hydrogens (primary N) is 1. The first-order chi connectivity index (χ1) is 9.28. The molecule has 2 N–H and O–H groups in total. The van der Waals surface area contributed by atoms with E-state index in [4.69, 9.17) is 15.0 Å². The van der Waals surface area contributed by atoms with Crippen LogP contribution in [-0.2, 0) is 4.74 Å². The number of aromatic nitrogens is 2. The highest BCUT2D eigenvalue weighted by Crippen LogP contribution is 2.29. The molecule has 6 heteroatoms. The summed E-state index contributed by atoms with van der Waals surface area (Å²) in [4.78, 5) is 6.88. The maximum Gasteiger partial charge on any atom is 0.243 e. The lowest BCUT2D eigenvalue weighted by Gasteiger charge is -2.33. The lowest BCUT2D eigenvalue weighted by molar-refractivity contribution is -0.0548. The molecule has 106 valence electrons. The van der Waals surface area contributed by atoms with E-state index in [1.54, 1.807) is 0 Å². The van der Waals surface area contributed by atoms with Gasteiger partial charge in [-0.1, -0.05) is 18.5 Å². The quantitative estimate of drug-likeness (QED) is 0.887. The van der Waals surface area contributed by atoms with Gasteiger partial charge in [0, 0.05) is 12.6 Å². The minimum atomic E-state index is -0.158. The summed E-state index contributed by atoms with van der Waals surface area (Å²) in [7, 11) is 0. The van der Waals surface area contributed by atoms with Gasteiger partial charge in [0.25, 0.3) is 0 Å². The number of hydrogen-bond acceptors (Lipinski definition) is 6. The van der Waals surface area contributed by atoms with Crippen molar-refractivity contribution in [2.24, 2.45) is 5.73 Å². The van der Waals surface area contributed by atoms with E-state index in [-0.39, 0.29) is 12.1 Å². The topological polar surface area (TPSA) is 77.4 Å². The van der Waals surface area contributed by atoms with Gasteiger partial charge >= 0.3 is 0 Å². The number of fused-ring (bicyclic) bond motifs is 1. The third-order valence-electron chi connectivity index (χ3n) is 4.05. The summed E-state index contributed by atoms with van der Waals surface area (Å²) in [5.74, 6) is 1.18. The van der Waals surface area contributed by atoms with Crippen LogP contribution in [0, 0.1) is 0 Å². The molecule has 0 amide bonds. The summed E-state index contributed by atoms with van der Waals surface area (Å²) in [5.41, 5.74) is 5.99. The van der Waals surface area contributed by atoms with Gasteiger partial charge in [-0.05, 0) is 25.8 Å². The minimum Gasteiger partial charge on any atom is -0.367 e. The number of morpholine rings is 1. The summed E-state index contributed by atoms with van der Waals surface area (Å²) >= 11 is 0. The van der Waals surface area contributed by atoms with Crippen molar-refractivity contribution in [2.75, 3.05) is 19.7 Å². The first-order valence-corrected chi connectivity index (χ1v) is 7.22. The second kappa shape index (κ2) is 5.56. The smallest absolute Gasteiger partial charge is 0.243 e. The molecule has 19 heavy (non-hydrogen) atoms. The molecule has 6 nitrogen and oxygen atoms in total. The van der Waals surface area contributed by atoms with Gasteiger partial charge in [-0.15, -0.1) is 0 Å². The predicted molar refractivity (Wildman–Crippen MR) is 69.4 cm³/mol. The maximum absolute atomic E-state index is 5.99. The molecule has 2 fully saturated rings. The van der Waals surface area contributed by atoms with Gasteiger partial charge in [0.15, 0.2) is 0 Å². The zero-order valence-corrected chi connectivity index (χ0v) is 11.4. The van der Waals surface area contributed by atoms with E-state index in [1.807, 2.05) is 0 Å². The monoisotopic (exact) mass is 266 g/mol. The van der Waals surface area contributed by atoms with E-state index in [9.17, 15) is 0 Å². The summed E-state index contributed by atoms with van der Waals surface area (Å²) < 4.78 is 11.1. The number of ether oxygens (including phenoxy) is 1. The molecule has 0 bridgehead atoms. The average Bonchev–Trinajstić information content (AvgIpc) is 3.07. The molecule has 3 heterocycles. The van der Waals surface area contributed by atoms with Crippen molar-refractivity contribution in [3.63, 3.8) is 0 Å². The molecular weight excluding hydrogens is 244 g/mol. The van der Waals surface area contributed by atoms with E-state index >= 15 is 0 Å². The molecule has 0 saturated carbocycles. The van der Waals surface area contributed by atoms with Crippen LogP contribution in [0.1, 0.15) is 56.5 Å². The molecule has 2 unspecified atom stereocenters. The fourth-order valence-corrected chi connectivity index (χ4v) is 2.94. The average molecular weight is 266 g/mol. The van der Waals surface area contributed by atoms with E-state index in [1.165, 1.54) is 12.8 Å². The molecule has 0 spiro atoms. The van der Waals surface area contributed by atoms with Crippen molar-refractivity contribution in [1.82, 2.24) is 15.0 Å². The van der Waals surface area contributed by atoms with Crippen molar-refractivity contribution < 1.29 is 9.26 Å².